The molecule has 2 N–H and O–H groups in total. The second-order valence-corrected chi connectivity index (χ2v) is 7.40. The molecular weight excluding hydrogens is 378 g/mol. The predicted molar refractivity (Wildman–Crippen MR) is 113 cm³/mol. The SMILES string of the molecule is C[C@H]1CN(C2=c3cc[nH]c3=NCN2C)CCN1C(=NC#N)Nc1cccc(C#N)c1. The fraction of sp³-hybridized carbons (Fsp3) is 0.333. The molecule has 0 amide bonds. The van der Waals surface area contributed by atoms with Crippen LogP contribution < -0.4 is 16.0 Å². The molecule has 0 bridgehead atoms. The molecule has 0 radical (unpaired) electrons. The molecule has 0 saturated carbocycles. The number of piperazine rings is 1. The summed E-state index contributed by atoms with van der Waals surface area (Å²) in [6.07, 6.45) is 3.82. The first-order valence-corrected chi connectivity index (χ1v) is 9.79. The minimum absolute atomic E-state index is 0.125. The van der Waals surface area contributed by atoms with Crippen LogP contribution in [0.2, 0.25) is 0 Å². The Morgan fingerprint density at radius 1 is 1.30 bits per heavy atom. The number of guanidine groups is 1. The number of rotatable bonds is 2. The molecule has 9 heteroatoms. The van der Waals surface area contributed by atoms with Gasteiger partial charge in [-0.05, 0) is 31.2 Å². The number of aromatic amines is 1. The third-order valence-corrected chi connectivity index (χ3v) is 5.37. The molecule has 1 saturated heterocycles. The van der Waals surface area contributed by atoms with Gasteiger partial charge in [-0.25, -0.2) is 4.99 Å². The van der Waals surface area contributed by atoms with E-state index < -0.39 is 0 Å². The van der Waals surface area contributed by atoms with Gasteiger partial charge >= 0.3 is 0 Å². The number of anilines is 1. The first kappa shape index (κ1) is 19.3. The molecule has 0 spiro atoms. The molecule has 30 heavy (non-hydrogen) atoms. The second-order valence-electron chi connectivity index (χ2n) is 7.40. The van der Waals surface area contributed by atoms with E-state index in [0.29, 0.717) is 24.7 Å². The molecule has 4 rings (SSSR count). The quantitative estimate of drug-likeness (QED) is 0.429. The molecule has 0 unspecified atom stereocenters. The summed E-state index contributed by atoms with van der Waals surface area (Å²) in [7, 11) is 2.05. The maximum absolute atomic E-state index is 9.22. The van der Waals surface area contributed by atoms with Crippen LogP contribution in [0.3, 0.4) is 0 Å². The molecule has 2 aliphatic heterocycles. The van der Waals surface area contributed by atoms with Gasteiger partial charge in [-0.1, -0.05) is 6.07 Å². The van der Waals surface area contributed by atoms with Crippen molar-refractivity contribution in [1.82, 2.24) is 19.7 Å². The van der Waals surface area contributed by atoms with E-state index in [1.54, 1.807) is 18.2 Å². The Labute approximate surface area is 174 Å². The standard InChI is InChI=1S/C21H23N9/c1-15-12-29(20-18-6-7-24-19(18)26-14-28(20)2)8-9-30(15)21(25-13-23)27-17-5-3-4-16(10-17)11-22/h3-7,10,15H,8-9,12,14H2,1-2H3,(H,24,26)(H,25,27)/t15-/m0/s1. The van der Waals surface area contributed by atoms with Crippen LogP contribution in [0.25, 0.3) is 5.82 Å². The maximum Gasteiger partial charge on any atom is 0.214 e. The van der Waals surface area contributed by atoms with Crippen molar-refractivity contribution >= 4 is 17.5 Å². The first-order chi connectivity index (χ1) is 14.6. The van der Waals surface area contributed by atoms with Crippen LogP contribution in [0, 0.1) is 22.8 Å². The van der Waals surface area contributed by atoms with Crippen molar-refractivity contribution in [2.24, 2.45) is 9.98 Å². The van der Waals surface area contributed by atoms with E-state index in [0.717, 1.165) is 29.5 Å². The van der Waals surface area contributed by atoms with Gasteiger partial charge in [-0.2, -0.15) is 10.5 Å². The Bertz CT molecular complexity index is 1160. The van der Waals surface area contributed by atoms with Crippen molar-refractivity contribution < 1.29 is 0 Å². The Morgan fingerprint density at radius 3 is 2.93 bits per heavy atom. The lowest BCUT2D eigenvalue weighted by molar-refractivity contribution is 0.164. The summed E-state index contributed by atoms with van der Waals surface area (Å²) in [4.78, 5) is 18.4. The van der Waals surface area contributed by atoms with Gasteiger partial charge in [0.1, 0.15) is 18.0 Å². The number of benzene rings is 1. The Morgan fingerprint density at radius 2 is 2.17 bits per heavy atom. The maximum atomic E-state index is 9.22. The Kier molecular flexibility index (Phi) is 5.27. The van der Waals surface area contributed by atoms with Crippen molar-refractivity contribution in [3.05, 3.63) is 52.8 Å². The van der Waals surface area contributed by atoms with Gasteiger partial charge in [0.2, 0.25) is 12.2 Å². The number of aliphatic imine (C=N–C) groups is 1. The smallest absolute Gasteiger partial charge is 0.214 e. The van der Waals surface area contributed by atoms with Crippen LogP contribution in [0.15, 0.2) is 46.5 Å². The van der Waals surface area contributed by atoms with Gasteiger partial charge < -0.3 is 25.0 Å². The third kappa shape index (κ3) is 3.65. The van der Waals surface area contributed by atoms with E-state index in [-0.39, 0.29) is 6.04 Å². The van der Waals surface area contributed by atoms with Gasteiger partial charge in [-0.3, -0.25) is 0 Å². The van der Waals surface area contributed by atoms with Crippen molar-refractivity contribution in [3.8, 4) is 12.3 Å². The largest absolute Gasteiger partial charge is 0.354 e. The van der Waals surface area contributed by atoms with E-state index in [2.05, 4.69) is 61.1 Å². The molecule has 9 nitrogen and oxygen atoms in total. The first-order valence-electron chi connectivity index (χ1n) is 9.79. The summed E-state index contributed by atoms with van der Waals surface area (Å²) in [6.45, 7) is 5.03. The number of hydrogen-bond acceptors (Lipinski definition) is 6. The van der Waals surface area contributed by atoms with Gasteiger partial charge in [0.15, 0.2) is 0 Å². The molecule has 2 aromatic rings. The van der Waals surface area contributed by atoms with Crippen LogP contribution in [-0.4, -0.2) is 65.0 Å². The second kappa shape index (κ2) is 8.18. The molecular formula is C21H23N9. The van der Waals surface area contributed by atoms with Crippen LogP contribution in [0.5, 0.6) is 0 Å². The number of nitrogens with one attached hydrogen (secondary N) is 2. The van der Waals surface area contributed by atoms with E-state index in [1.807, 2.05) is 18.5 Å². The molecule has 152 valence electrons. The average molecular weight is 401 g/mol. The number of nitrogens with zero attached hydrogens (tertiary/aromatic N) is 7. The topological polar surface area (TPSA) is 110 Å². The number of aromatic nitrogens is 1. The number of fused-ring (bicyclic) bond motifs is 1. The average Bonchev–Trinajstić information content (AvgIpc) is 3.22. The predicted octanol–water partition coefficient (Wildman–Crippen LogP) is 0.430. The molecule has 0 aliphatic carbocycles. The van der Waals surface area contributed by atoms with Crippen molar-refractivity contribution in [2.75, 3.05) is 38.7 Å². The van der Waals surface area contributed by atoms with Gasteiger partial charge in [0, 0.05) is 44.6 Å². The number of nitriles is 2. The normalized spacial score (nSPS) is 18.9. The van der Waals surface area contributed by atoms with E-state index >= 15 is 0 Å². The van der Waals surface area contributed by atoms with Gasteiger partial charge in [-0.15, -0.1) is 4.99 Å². The van der Waals surface area contributed by atoms with Crippen LogP contribution >= 0.6 is 0 Å². The highest BCUT2D eigenvalue weighted by atomic mass is 15.4. The lowest BCUT2D eigenvalue weighted by atomic mass is 10.2. The molecule has 1 aromatic heterocycles. The van der Waals surface area contributed by atoms with Gasteiger partial charge in [0.05, 0.1) is 16.9 Å². The van der Waals surface area contributed by atoms with Crippen molar-refractivity contribution in [2.45, 2.75) is 13.0 Å². The summed E-state index contributed by atoms with van der Waals surface area (Å²) in [5, 5.41) is 22.7. The monoisotopic (exact) mass is 401 g/mol. The molecule has 1 fully saturated rings. The fourth-order valence-electron chi connectivity index (χ4n) is 4.00. The molecule has 3 heterocycles. The van der Waals surface area contributed by atoms with E-state index in [4.69, 9.17) is 5.26 Å². The zero-order valence-electron chi connectivity index (χ0n) is 17.0. The summed E-state index contributed by atoms with van der Waals surface area (Å²) in [6, 6.07) is 11.5. The van der Waals surface area contributed by atoms with Crippen molar-refractivity contribution in [3.63, 3.8) is 0 Å². The molecule has 2 aliphatic rings. The third-order valence-electron chi connectivity index (χ3n) is 5.37. The summed E-state index contributed by atoms with van der Waals surface area (Å²) < 4.78 is 0. The zero-order valence-corrected chi connectivity index (χ0v) is 17.0. The highest BCUT2D eigenvalue weighted by Gasteiger charge is 2.30. The fourth-order valence-corrected chi connectivity index (χ4v) is 4.00. The summed E-state index contributed by atoms with van der Waals surface area (Å²) in [5.41, 5.74) is 2.21. The highest BCUT2D eigenvalue weighted by molar-refractivity contribution is 5.94. The minimum atomic E-state index is 0.125. The number of hydrogen-bond donors (Lipinski definition) is 2. The van der Waals surface area contributed by atoms with E-state index in [9.17, 15) is 5.26 Å². The Balaban J connectivity index is 1.55. The van der Waals surface area contributed by atoms with Crippen LogP contribution in [-0.2, 0) is 0 Å². The van der Waals surface area contributed by atoms with Crippen LogP contribution in [0.4, 0.5) is 5.69 Å². The van der Waals surface area contributed by atoms with Crippen molar-refractivity contribution in [1.29, 1.82) is 10.5 Å². The molecule has 1 atom stereocenters. The lowest BCUT2D eigenvalue weighted by Gasteiger charge is -2.44. The molecule has 1 aromatic carbocycles. The Hall–Kier alpha value is -3.98. The van der Waals surface area contributed by atoms with Gasteiger partial charge in [0.25, 0.3) is 0 Å². The van der Waals surface area contributed by atoms with E-state index in [1.165, 1.54) is 5.82 Å². The lowest BCUT2D eigenvalue weighted by Crippen LogP contribution is -2.57. The highest BCUT2D eigenvalue weighted by Crippen LogP contribution is 2.19. The number of H-pyrrole nitrogens is 1. The summed E-state index contributed by atoms with van der Waals surface area (Å²) >= 11 is 0. The van der Waals surface area contributed by atoms with Crippen LogP contribution in [0.1, 0.15) is 12.5 Å². The zero-order chi connectivity index (χ0) is 21.1. The summed E-state index contributed by atoms with van der Waals surface area (Å²) in [5.74, 6) is 1.67. The minimum Gasteiger partial charge on any atom is -0.354 e.